The van der Waals surface area contributed by atoms with Crippen LogP contribution in [0.5, 0.6) is 0 Å². The minimum absolute atomic E-state index is 0.139. The molecule has 0 spiro atoms. The lowest BCUT2D eigenvalue weighted by Crippen LogP contribution is -2.48. The smallest absolute Gasteiger partial charge is 0.219 e. The van der Waals surface area contributed by atoms with Gasteiger partial charge in [-0.15, -0.1) is 0 Å². The van der Waals surface area contributed by atoms with Crippen molar-refractivity contribution in [3.05, 3.63) is 5.69 Å². The third-order valence-corrected chi connectivity index (χ3v) is 3.65. The number of anilines is 2. The predicted molar refractivity (Wildman–Crippen MR) is 76.2 cm³/mol. The molecule has 1 saturated heterocycles. The zero-order chi connectivity index (χ0) is 14.2. The summed E-state index contributed by atoms with van der Waals surface area (Å²) in [6, 6.07) is 0. The summed E-state index contributed by atoms with van der Waals surface area (Å²) < 4.78 is 1.86. The Kier molecular flexibility index (Phi) is 3.68. The number of hydrogen-bond donors (Lipinski definition) is 1. The van der Waals surface area contributed by atoms with Crippen LogP contribution in [0.15, 0.2) is 0 Å². The Bertz CT molecular complexity index is 472. The number of piperazine rings is 1. The molecule has 1 aliphatic rings. The van der Waals surface area contributed by atoms with Gasteiger partial charge in [-0.3, -0.25) is 9.48 Å². The molecule has 0 saturated carbocycles. The molecule has 0 atom stereocenters. The summed E-state index contributed by atoms with van der Waals surface area (Å²) >= 11 is 0. The van der Waals surface area contributed by atoms with E-state index in [-0.39, 0.29) is 5.91 Å². The number of nitrogens with two attached hydrogens (primary N) is 1. The first-order valence-corrected chi connectivity index (χ1v) is 6.74. The summed E-state index contributed by atoms with van der Waals surface area (Å²) in [4.78, 5) is 15.4. The first kappa shape index (κ1) is 13.7. The van der Waals surface area contributed by atoms with E-state index < -0.39 is 0 Å². The molecule has 0 bridgehead atoms. The lowest BCUT2D eigenvalue weighted by molar-refractivity contribution is -0.129. The van der Waals surface area contributed by atoms with Crippen LogP contribution in [0.1, 0.15) is 32.4 Å². The second kappa shape index (κ2) is 5.11. The number of aromatic nitrogens is 2. The Balaban J connectivity index is 2.18. The molecule has 0 unspecified atom stereocenters. The number of hydrogen-bond acceptors (Lipinski definition) is 4. The molecular formula is C13H23N5O. The quantitative estimate of drug-likeness (QED) is 0.858. The van der Waals surface area contributed by atoms with Crippen molar-refractivity contribution in [1.29, 1.82) is 0 Å². The molecule has 19 heavy (non-hydrogen) atoms. The van der Waals surface area contributed by atoms with Gasteiger partial charge in [0.1, 0.15) is 0 Å². The molecule has 1 aromatic heterocycles. The standard InChI is InChI=1S/C13H23N5O/c1-9(2)12-11(14)13(16(4)15-12)18-7-5-17(6-8-18)10(3)19/h9H,5-8,14H2,1-4H3. The van der Waals surface area contributed by atoms with Crippen molar-refractivity contribution in [2.24, 2.45) is 7.05 Å². The first-order chi connectivity index (χ1) is 8.91. The van der Waals surface area contributed by atoms with Crippen LogP contribution in [0.25, 0.3) is 0 Å². The molecule has 1 amide bonds. The van der Waals surface area contributed by atoms with E-state index in [4.69, 9.17) is 5.73 Å². The van der Waals surface area contributed by atoms with E-state index in [9.17, 15) is 4.79 Å². The molecule has 2 rings (SSSR count). The van der Waals surface area contributed by atoms with Crippen LogP contribution in [0.3, 0.4) is 0 Å². The van der Waals surface area contributed by atoms with E-state index in [1.807, 2.05) is 16.6 Å². The van der Waals surface area contributed by atoms with Gasteiger partial charge < -0.3 is 15.5 Å². The molecule has 2 heterocycles. The SMILES string of the molecule is CC(=O)N1CCN(c2c(N)c(C(C)C)nn2C)CC1. The third kappa shape index (κ3) is 2.52. The fourth-order valence-corrected chi connectivity index (χ4v) is 2.59. The van der Waals surface area contributed by atoms with Gasteiger partial charge in [0, 0.05) is 40.2 Å². The van der Waals surface area contributed by atoms with E-state index in [1.165, 1.54) is 0 Å². The second-order valence-corrected chi connectivity index (χ2v) is 5.39. The van der Waals surface area contributed by atoms with E-state index in [0.717, 1.165) is 43.4 Å². The van der Waals surface area contributed by atoms with Crippen molar-refractivity contribution in [3.8, 4) is 0 Å². The van der Waals surface area contributed by atoms with Crippen molar-refractivity contribution < 1.29 is 4.79 Å². The van der Waals surface area contributed by atoms with Crippen molar-refractivity contribution >= 4 is 17.4 Å². The van der Waals surface area contributed by atoms with Crippen LogP contribution < -0.4 is 10.6 Å². The van der Waals surface area contributed by atoms with Crippen LogP contribution in [-0.4, -0.2) is 46.8 Å². The van der Waals surface area contributed by atoms with Gasteiger partial charge in [0.15, 0.2) is 5.82 Å². The predicted octanol–water partition coefficient (Wildman–Crippen LogP) is 0.794. The Morgan fingerprint density at radius 2 is 1.84 bits per heavy atom. The molecule has 1 aromatic rings. The molecule has 0 aromatic carbocycles. The average Bonchev–Trinajstić information content (AvgIpc) is 2.65. The third-order valence-electron chi connectivity index (χ3n) is 3.65. The van der Waals surface area contributed by atoms with Crippen LogP contribution in [0, 0.1) is 0 Å². The molecule has 6 nitrogen and oxygen atoms in total. The molecule has 1 fully saturated rings. The van der Waals surface area contributed by atoms with Gasteiger partial charge in [-0.2, -0.15) is 5.10 Å². The van der Waals surface area contributed by atoms with Crippen LogP contribution in [0.4, 0.5) is 11.5 Å². The van der Waals surface area contributed by atoms with Gasteiger partial charge in [-0.1, -0.05) is 13.8 Å². The molecule has 0 aliphatic carbocycles. The van der Waals surface area contributed by atoms with E-state index >= 15 is 0 Å². The molecule has 2 N–H and O–H groups in total. The fourth-order valence-electron chi connectivity index (χ4n) is 2.59. The Hall–Kier alpha value is -1.72. The van der Waals surface area contributed by atoms with Gasteiger partial charge in [0.2, 0.25) is 5.91 Å². The largest absolute Gasteiger partial charge is 0.394 e. The number of nitrogens with zero attached hydrogens (tertiary/aromatic N) is 4. The Labute approximate surface area is 114 Å². The van der Waals surface area contributed by atoms with Crippen LogP contribution in [0.2, 0.25) is 0 Å². The van der Waals surface area contributed by atoms with E-state index in [2.05, 4.69) is 23.8 Å². The topological polar surface area (TPSA) is 67.4 Å². The van der Waals surface area contributed by atoms with Crippen LogP contribution >= 0.6 is 0 Å². The lowest BCUT2D eigenvalue weighted by Gasteiger charge is -2.35. The van der Waals surface area contributed by atoms with Gasteiger partial charge in [-0.25, -0.2) is 0 Å². The molecule has 106 valence electrons. The normalized spacial score (nSPS) is 16.3. The fraction of sp³-hybridized carbons (Fsp3) is 0.692. The second-order valence-electron chi connectivity index (χ2n) is 5.39. The maximum absolute atomic E-state index is 11.3. The number of carbonyl (C=O) groups is 1. The van der Waals surface area contributed by atoms with E-state index in [1.54, 1.807) is 6.92 Å². The van der Waals surface area contributed by atoms with Crippen molar-refractivity contribution in [2.75, 3.05) is 36.8 Å². The average molecular weight is 265 g/mol. The summed E-state index contributed by atoms with van der Waals surface area (Å²) in [7, 11) is 1.93. The number of rotatable bonds is 2. The van der Waals surface area contributed by atoms with Crippen molar-refractivity contribution in [2.45, 2.75) is 26.7 Å². The summed E-state index contributed by atoms with van der Waals surface area (Å²) in [5.74, 6) is 1.44. The van der Waals surface area contributed by atoms with Crippen molar-refractivity contribution in [3.63, 3.8) is 0 Å². The monoisotopic (exact) mass is 265 g/mol. The van der Waals surface area contributed by atoms with Crippen molar-refractivity contribution in [1.82, 2.24) is 14.7 Å². The Morgan fingerprint density at radius 1 is 1.26 bits per heavy atom. The molecule has 0 radical (unpaired) electrons. The van der Waals surface area contributed by atoms with Gasteiger partial charge in [-0.05, 0) is 5.92 Å². The summed E-state index contributed by atoms with van der Waals surface area (Å²) in [5.41, 5.74) is 7.95. The highest BCUT2D eigenvalue weighted by Crippen LogP contribution is 2.31. The number of nitrogen functional groups attached to an aromatic ring is 1. The minimum atomic E-state index is 0.139. The highest BCUT2D eigenvalue weighted by molar-refractivity contribution is 5.74. The molecular weight excluding hydrogens is 242 g/mol. The van der Waals surface area contributed by atoms with Gasteiger partial charge in [0.05, 0.1) is 11.4 Å². The highest BCUT2D eigenvalue weighted by Gasteiger charge is 2.25. The summed E-state index contributed by atoms with van der Waals surface area (Å²) in [5, 5.41) is 4.51. The maximum atomic E-state index is 11.3. The summed E-state index contributed by atoms with van der Waals surface area (Å²) in [6.45, 7) is 8.91. The number of amides is 1. The Morgan fingerprint density at radius 3 is 2.26 bits per heavy atom. The number of carbonyl (C=O) groups excluding carboxylic acids is 1. The highest BCUT2D eigenvalue weighted by atomic mass is 16.2. The van der Waals surface area contributed by atoms with Gasteiger partial charge in [0.25, 0.3) is 0 Å². The zero-order valence-corrected chi connectivity index (χ0v) is 12.2. The van der Waals surface area contributed by atoms with Gasteiger partial charge >= 0.3 is 0 Å². The first-order valence-electron chi connectivity index (χ1n) is 6.74. The van der Waals surface area contributed by atoms with E-state index in [0.29, 0.717) is 5.92 Å². The molecule has 1 aliphatic heterocycles. The zero-order valence-electron chi connectivity index (χ0n) is 12.2. The molecule has 6 heteroatoms. The summed E-state index contributed by atoms with van der Waals surface area (Å²) in [6.07, 6.45) is 0. The number of aryl methyl sites for hydroxylation is 1. The minimum Gasteiger partial charge on any atom is -0.394 e. The lowest BCUT2D eigenvalue weighted by atomic mass is 10.1. The maximum Gasteiger partial charge on any atom is 0.219 e. The van der Waals surface area contributed by atoms with Crippen LogP contribution in [-0.2, 0) is 11.8 Å².